The minimum atomic E-state index is 0.131. The van der Waals surface area contributed by atoms with Crippen LogP contribution in [0.2, 0.25) is 0 Å². The van der Waals surface area contributed by atoms with Crippen molar-refractivity contribution in [3.8, 4) is 17.1 Å². The van der Waals surface area contributed by atoms with E-state index < -0.39 is 0 Å². The molecule has 0 spiro atoms. The molecule has 1 N–H and O–H groups in total. The van der Waals surface area contributed by atoms with Gasteiger partial charge < -0.3 is 24.4 Å². The summed E-state index contributed by atoms with van der Waals surface area (Å²) in [6, 6.07) is 12.4. The summed E-state index contributed by atoms with van der Waals surface area (Å²) in [7, 11) is 1.68. The van der Waals surface area contributed by atoms with Crippen LogP contribution in [0.3, 0.4) is 0 Å². The summed E-state index contributed by atoms with van der Waals surface area (Å²) in [5.74, 6) is 2.52. The van der Waals surface area contributed by atoms with Crippen molar-refractivity contribution in [3.63, 3.8) is 0 Å². The third-order valence-corrected chi connectivity index (χ3v) is 7.83. The summed E-state index contributed by atoms with van der Waals surface area (Å²) in [6.45, 7) is 10.6. The van der Waals surface area contributed by atoms with Crippen molar-refractivity contribution in [1.29, 1.82) is 0 Å². The van der Waals surface area contributed by atoms with Crippen LogP contribution in [0.15, 0.2) is 48.9 Å². The van der Waals surface area contributed by atoms with E-state index in [2.05, 4.69) is 55.0 Å². The molecule has 4 aromatic rings. The van der Waals surface area contributed by atoms with Gasteiger partial charge in [-0.15, -0.1) is 0 Å². The first-order valence-corrected chi connectivity index (χ1v) is 14.5. The molecule has 1 unspecified atom stereocenters. The fourth-order valence-electron chi connectivity index (χ4n) is 6.17. The van der Waals surface area contributed by atoms with Gasteiger partial charge in [-0.25, -0.2) is 15.0 Å². The minimum Gasteiger partial charge on any atom is -0.497 e. The van der Waals surface area contributed by atoms with Gasteiger partial charge in [0.25, 0.3) is 0 Å². The van der Waals surface area contributed by atoms with Crippen LogP contribution in [-0.2, 0) is 16.0 Å². The quantitative estimate of drug-likeness (QED) is 0.339. The molecule has 2 fully saturated rings. The molecule has 5 heterocycles. The standard InChI is InChI=1S/C31H39N7O3/c1-19-12-24(13-20(2)40-19)35-31-29-27(10-11-32-31)38(17-23-6-8-25(39-5)9-7-23)36-30(29)26-14-28(34-18-33-26)37-15-21(3)41-22(4)16-37/h6-11,14,18-22,24H,12-13,15-17H2,1-5H3,(H,32,35)/t19-,20+,21-,22+,24?. The number of nitrogens with one attached hydrogen (secondary N) is 1. The molecule has 0 radical (unpaired) electrons. The lowest BCUT2D eigenvalue weighted by atomic mass is 9.99. The highest BCUT2D eigenvalue weighted by Gasteiger charge is 2.28. The fourth-order valence-corrected chi connectivity index (χ4v) is 6.17. The van der Waals surface area contributed by atoms with Crippen molar-refractivity contribution in [2.75, 3.05) is 30.4 Å². The molecule has 0 bridgehead atoms. The maximum Gasteiger partial charge on any atom is 0.137 e. The lowest BCUT2D eigenvalue weighted by molar-refractivity contribution is -0.0338. The summed E-state index contributed by atoms with van der Waals surface area (Å²) >= 11 is 0. The molecule has 10 nitrogen and oxygen atoms in total. The Hall–Kier alpha value is -3.76. The van der Waals surface area contributed by atoms with Crippen molar-refractivity contribution < 1.29 is 14.2 Å². The van der Waals surface area contributed by atoms with E-state index in [9.17, 15) is 0 Å². The highest BCUT2D eigenvalue weighted by atomic mass is 16.5. The Balaban J connectivity index is 1.42. The third-order valence-electron chi connectivity index (χ3n) is 7.83. The molecule has 0 aliphatic carbocycles. The fraction of sp³-hybridized carbons (Fsp3) is 0.484. The van der Waals surface area contributed by atoms with Crippen LogP contribution < -0.4 is 15.0 Å². The number of pyridine rings is 1. The number of fused-ring (bicyclic) bond motifs is 1. The Morgan fingerprint density at radius 3 is 2.32 bits per heavy atom. The van der Waals surface area contributed by atoms with Crippen LogP contribution >= 0.6 is 0 Å². The number of anilines is 2. The van der Waals surface area contributed by atoms with Gasteiger partial charge in [-0.3, -0.25) is 4.68 Å². The number of methoxy groups -OCH3 is 1. The minimum absolute atomic E-state index is 0.131. The number of morpholine rings is 1. The number of rotatable bonds is 7. The predicted octanol–water partition coefficient (Wildman–Crippen LogP) is 4.93. The lowest BCUT2D eigenvalue weighted by Crippen LogP contribution is -2.45. The molecule has 2 aliphatic heterocycles. The number of nitrogens with zero attached hydrogens (tertiary/aromatic N) is 6. The first-order chi connectivity index (χ1) is 19.9. The number of benzene rings is 1. The summed E-state index contributed by atoms with van der Waals surface area (Å²) in [6.07, 6.45) is 5.97. The van der Waals surface area contributed by atoms with Gasteiger partial charge in [0.2, 0.25) is 0 Å². The van der Waals surface area contributed by atoms with E-state index in [1.165, 1.54) is 0 Å². The SMILES string of the molecule is COc1ccc(Cn2nc(-c3cc(N4C[C@@H](C)O[C@@H](C)C4)ncn3)c3c(NC4C[C@@H](C)O[C@@H](C)C4)nccc32)cc1. The molecule has 41 heavy (non-hydrogen) atoms. The second-order valence-electron chi connectivity index (χ2n) is 11.4. The summed E-state index contributed by atoms with van der Waals surface area (Å²) in [4.78, 5) is 16.4. The van der Waals surface area contributed by atoms with E-state index in [1.54, 1.807) is 13.4 Å². The lowest BCUT2D eigenvalue weighted by Gasteiger charge is -2.36. The summed E-state index contributed by atoms with van der Waals surface area (Å²) < 4.78 is 19.3. The van der Waals surface area contributed by atoms with Crippen LogP contribution in [0.5, 0.6) is 5.75 Å². The molecule has 2 aliphatic rings. The van der Waals surface area contributed by atoms with Crippen molar-refractivity contribution in [3.05, 3.63) is 54.5 Å². The molecular formula is C31H39N7O3. The van der Waals surface area contributed by atoms with Gasteiger partial charge in [0.1, 0.15) is 29.4 Å². The third kappa shape index (κ3) is 5.99. The number of hydrogen-bond donors (Lipinski definition) is 1. The van der Waals surface area contributed by atoms with Crippen molar-refractivity contribution in [1.82, 2.24) is 24.7 Å². The second kappa shape index (κ2) is 11.6. The van der Waals surface area contributed by atoms with Gasteiger partial charge in [0.05, 0.1) is 54.7 Å². The average Bonchev–Trinajstić information content (AvgIpc) is 3.32. The average molecular weight is 558 g/mol. The van der Waals surface area contributed by atoms with Crippen molar-refractivity contribution in [2.45, 2.75) is 77.5 Å². The molecule has 0 amide bonds. The Labute approximate surface area is 241 Å². The molecule has 2 saturated heterocycles. The molecule has 3 aromatic heterocycles. The highest BCUT2D eigenvalue weighted by Crippen LogP contribution is 2.35. The van der Waals surface area contributed by atoms with Gasteiger partial charge in [-0.2, -0.15) is 5.10 Å². The second-order valence-corrected chi connectivity index (χ2v) is 11.4. The van der Waals surface area contributed by atoms with E-state index in [-0.39, 0.29) is 30.5 Å². The monoisotopic (exact) mass is 557 g/mol. The van der Waals surface area contributed by atoms with Crippen LogP contribution in [-0.4, -0.2) is 75.4 Å². The topological polar surface area (TPSA) is 99.5 Å². The van der Waals surface area contributed by atoms with Crippen LogP contribution in [0.4, 0.5) is 11.6 Å². The summed E-state index contributed by atoms with van der Waals surface area (Å²) in [5, 5.41) is 9.85. The van der Waals surface area contributed by atoms with Crippen LogP contribution in [0.1, 0.15) is 46.1 Å². The molecular weight excluding hydrogens is 518 g/mol. The van der Waals surface area contributed by atoms with Crippen molar-refractivity contribution in [2.24, 2.45) is 0 Å². The number of aromatic nitrogens is 5. The Morgan fingerprint density at radius 2 is 1.61 bits per heavy atom. The zero-order chi connectivity index (χ0) is 28.5. The zero-order valence-electron chi connectivity index (χ0n) is 24.4. The van der Waals surface area contributed by atoms with E-state index in [4.69, 9.17) is 29.3 Å². The number of ether oxygens (including phenoxy) is 3. The van der Waals surface area contributed by atoms with Crippen LogP contribution in [0.25, 0.3) is 22.3 Å². The maximum atomic E-state index is 5.99. The van der Waals surface area contributed by atoms with E-state index in [0.717, 1.165) is 71.2 Å². The molecule has 10 heteroatoms. The maximum absolute atomic E-state index is 5.99. The smallest absolute Gasteiger partial charge is 0.137 e. The molecule has 5 atom stereocenters. The Morgan fingerprint density at radius 1 is 0.902 bits per heavy atom. The predicted molar refractivity (Wildman–Crippen MR) is 160 cm³/mol. The normalized spacial score (nSPS) is 24.9. The van der Waals surface area contributed by atoms with Gasteiger partial charge in [0, 0.05) is 31.4 Å². The molecule has 216 valence electrons. The van der Waals surface area contributed by atoms with E-state index >= 15 is 0 Å². The van der Waals surface area contributed by atoms with E-state index in [1.807, 2.05) is 35.1 Å². The van der Waals surface area contributed by atoms with Crippen molar-refractivity contribution >= 4 is 22.5 Å². The molecule has 0 saturated carbocycles. The van der Waals surface area contributed by atoms with Crippen LogP contribution in [0, 0.1) is 0 Å². The van der Waals surface area contributed by atoms with E-state index in [0.29, 0.717) is 6.54 Å². The molecule has 6 rings (SSSR count). The largest absolute Gasteiger partial charge is 0.497 e. The Bertz CT molecular complexity index is 1470. The first kappa shape index (κ1) is 27.4. The highest BCUT2D eigenvalue weighted by molar-refractivity contribution is 6.00. The van der Waals surface area contributed by atoms with Gasteiger partial charge in [-0.05, 0) is 64.3 Å². The van der Waals surface area contributed by atoms with Gasteiger partial charge in [-0.1, -0.05) is 12.1 Å². The first-order valence-electron chi connectivity index (χ1n) is 14.5. The van der Waals surface area contributed by atoms with Gasteiger partial charge in [0.15, 0.2) is 0 Å². The summed E-state index contributed by atoms with van der Waals surface area (Å²) in [5.41, 5.74) is 3.68. The van der Waals surface area contributed by atoms with Gasteiger partial charge >= 0.3 is 0 Å². The molecule has 1 aromatic carbocycles. The Kier molecular flexibility index (Phi) is 7.77. The number of hydrogen-bond acceptors (Lipinski definition) is 9. The zero-order valence-corrected chi connectivity index (χ0v) is 24.4.